The number of carbonyl (C=O) groups excluding carboxylic acids is 1. The van der Waals surface area contributed by atoms with E-state index in [1.807, 2.05) is 28.4 Å². The second kappa shape index (κ2) is 5.68. The molecule has 4 heteroatoms. The van der Waals surface area contributed by atoms with E-state index in [1.54, 1.807) is 0 Å². The van der Waals surface area contributed by atoms with Crippen molar-refractivity contribution in [3.63, 3.8) is 0 Å². The zero-order valence-corrected chi connectivity index (χ0v) is 15.1. The standard InChI is InChI=1S/C21H20N2OS/c1-2-17-15-10-12-25-19(15)9-11-22(17)13-23-18-8-4-6-14-5-3-7-16(20(14)18)21(23)24/h3-8,10,12,17H,2,9,11,13H2,1H3/t17-/m0/s1. The van der Waals surface area contributed by atoms with Crippen LogP contribution in [0.2, 0.25) is 0 Å². The molecule has 0 spiro atoms. The van der Waals surface area contributed by atoms with Crippen molar-refractivity contribution in [1.29, 1.82) is 0 Å². The highest BCUT2D eigenvalue weighted by Gasteiger charge is 2.34. The van der Waals surface area contributed by atoms with Crippen LogP contribution in [0.4, 0.5) is 5.69 Å². The van der Waals surface area contributed by atoms with Gasteiger partial charge in [-0.05, 0) is 47.4 Å². The van der Waals surface area contributed by atoms with E-state index >= 15 is 0 Å². The van der Waals surface area contributed by atoms with Gasteiger partial charge in [0.2, 0.25) is 0 Å². The van der Waals surface area contributed by atoms with Crippen LogP contribution in [0.1, 0.15) is 40.2 Å². The highest BCUT2D eigenvalue weighted by molar-refractivity contribution is 7.10. The lowest BCUT2D eigenvalue weighted by molar-refractivity contribution is 0.0955. The third kappa shape index (κ3) is 2.17. The van der Waals surface area contributed by atoms with E-state index in [0.29, 0.717) is 12.7 Å². The first-order chi connectivity index (χ1) is 12.3. The van der Waals surface area contributed by atoms with Gasteiger partial charge in [0, 0.05) is 28.4 Å². The van der Waals surface area contributed by atoms with Gasteiger partial charge < -0.3 is 0 Å². The third-order valence-corrected chi connectivity index (χ3v) is 6.56. The molecule has 0 bridgehead atoms. The molecule has 3 nitrogen and oxygen atoms in total. The predicted molar refractivity (Wildman–Crippen MR) is 103 cm³/mol. The van der Waals surface area contributed by atoms with Gasteiger partial charge in [0.25, 0.3) is 5.91 Å². The predicted octanol–water partition coefficient (Wildman–Crippen LogP) is 4.83. The molecule has 5 rings (SSSR count). The van der Waals surface area contributed by atoms with Crippen LogP contribution in [0.3, 0.4) is 0 Å². The van der Waals surface area contributed by atoms with E-state index in [4.69, 9.17) is 0 Å². The summed E-state index contributed by atoms with van der Waals surface area (Å²) in [6, 6.07) is 14.9. The minimum absolute atomic E-state index is 0.137. The van der Waals surface area contributed by atoms with Crippen LogP contribution in [-0.2, 0) is 6.42 Å². The molecule has 0 N–H and O–H groups in total. The van der Waals surface area contributed by atoms with E-state index in [1.165, 1.54) is 10.4 Å². The molecule has 25 heavy (non-hydrogen) atoms. The van der Waals surface area contributed by atoms with Crippen LogP contribution in [-0.4, -0.2) is 24.0 Å². The second-order valence-electron chi connectivity index (χ2n) is 6.84. The van der Waals surface area contributed by atoms with Crippen molar-refractivity contribution in [3.05, 3.63) is 63.8 Å². The summed E-state index contributed by atoms with van der Waals surface area (Å²) in [5, 5.41) is 4.46. The fourth-order valence-electron chi connectivity index (χ4n) is 4.40. The van der Waals surface area contributed by atoms with Crippen molar-refractivity contribution < 1.29 is 4.79 Å². The van der Waals surface area contributed by atoms with Gasteiger partial charge in [-0.2, -0.15) is 0 Å². The first-order valence-electron chi connectivity index (χ1n) is 8.92. The lowest BCUT2D eigenvalue weighted by Gasteiger charge is -2.38. The van der Waals surface area contributed by atoms with Crippen molar-refractivity contribution in [2.24, 2.45) is 0 Å². The molecule has 3 aromatic rings. The van der Waals surface area contributed by atoms with Crippen LogP contribution in [0, 0.1) is 0 Å². The van der Waals surface area contributed by atoms with E-state index in [-0.39, 0.29) is 5.91 Å². The number of anilines is 1. The lowest BCUT2D eigenvalue weighted by atomic mass is 9.98. The topological polar surface area (TPSA) is 23.6 Å². The molecule has 0 saturated carbocycles. The van der Waals surface area contributed by atoms with Crippen LogP contribution < -0.4 is 4.90 Å². The Morgan fingerprint density at radius 2 is 2.00 bits per heavy atom. The summed E-state index contributed by atoms with van der Waals surface area (Å²) < 4.78 is 0. The van der Waals surface area contributed by atoms with Crippen LogP contribution in [0.15, 0.2) is 47.8 Å². The van der Waals surface area contributed by atoms with Crippen molar-refractivity contribution in [1.82, 2.24) is 4.90 Å². The highest BCUT2D eigenvalue weighted by Crippen LogP contribution is 2.40. The Labute approximate surface area is 151 Å². The zero-order valence-electron chi connectivity index (χ0n) is 14.2. The first-order valence-corrected chi connectivity index (χ1v) is 9.80. The number of hydrogen-bond donors (Lipinski definition) is 0. The van der Waals surface area contributed by atoms with Gasteiger partial charge in [-0.3, -0.25) is 14.6 Å². The number of carbonyl (C=O) groups is 1. The van der Waals surface area contributed by atoms with Crippen molar-refractivity contribution in [2.75, 3.05) is 18.1 Å². The van der Waals surface area contributed by atoms with Gasteiger partial charge in [-0.1, -0.05) is 31.2 Å². The minimum atomic E-state index is 0.137. The van der Waals surface area contributed by atoms with Crippen molar-refractivity contribution in [2.45, 2.75) is 25.8 Å². The number of thiophene rings is 1. The molecule has 0 saturated heterocycles. The summed E-state index contributed by atoms with van der Waals surface area (Å²) in [5.41, 5.74) is 3.36. The van der Waals surface area contributed by atoms with Gasteiger partial charge in [0.05, 0.1) is 12.4 Å². The number of nitrogens with zero attached hydrogens (tertiary/aromatic N) is 2. The Balaban J connectivity index is 1.52. The molecule has 0 fully saturated rings. The Bertz CT molecular complexity index is 972. The molecule has 0 unspecified atom stereocenters. The normalized spacial score (nSPS) is 19.6. The maximum absolute atomic E-state index is 13.0. The largest absolute Gasteiger partial charge is 0.294 e. The molecule has 3 heterocycles. The van der Waals surface area contributed by atoms with E-state index in [2.05, 4.69) is 47.5 Å². The van der Waals surface area contributed by atoms with Crippen molar-refractivity contribution in [3.8, 4) is 0 Å². The molecular weight excluding hydrogens is 328 g/mol. The van der Waals surface area contributed by atoms with E-state index in [0.717, 1.165) is 41.4 Å². The fourth-order valence-corrected chi connectivity index (χ4v) is 5.33. The molecule has 2 aliphatic rings. The van der Waals surface area contributed by atoms with Crippen LogP contribution in [0.5, 0.6) is 0 Å². The Hall–Kier alpha value is -2.17. The number of rotatable bonds is 3. The van der Waals surface area contributed by atoms with Crippen molar-refractivity contribution >= 4 is 33.7 Å². The lowest BCUT2D eigenvalue weighted by Crippen LogP contribution is -2.44. The molecule has 2 aromatic carbocycles. The van der Waals surface area contributed by atoms with E-state index < -0.39 is 0 Å². The maximum Gasteiger partial charge on any atom is 0.260 e. The summed E-state index contributed by atoms with van der Waals surface area (Å²) in [6.45, 7) is 3.92. The third-order valence-electron chi connectivity index (χ3n) is 5.56. The Morgan fingerprint density at radius 1 is 1.16 bits per heavy atom. The van der Waals surface area contributed by atoms with E-state index in [9.17, 15) is 4.79 Å². The quantitative estimate of drug-likeness (QED) is 0.677. The van der Waals surface area contributed by atoms with Crippen LogP contribution >= 0.6 is 11.3 Å². The molecule has 0 aliphatic carbocycles. The molecule has 1 aromatic heterocycles. The first kappa shape index (κ1) is 15.1. The van der Waals surface area contributed by atoms with Gasteiger partial charge in [-0.25, -0.2) is 0 Å². The molecule has 2 aliphatic heterocycles. The summed E-state index contributed by atoms with van der Waals surface area (Å²) >= 11 is 1.87. The van der Waals surface area contributed by atoms with Gasteiger partial charge in [0.15, 0.2) is 0 Å². The average molecular weight is 348 g/mol. The monoisotopic (exact) mass is 348 g/mol. The molecular formula is C21H20N2OS. The van der Waals surface area contributed by atoms with Gasteiger partial charge in [-0.15, -0.1) is 11.3 Å². The zero-order chi connectivity index (χ0) is 17.0. The minimum Gasteiger partial charge on any atom is -0.294 e. The number of amides is 1. The Kier molecular flexibility index (Phi) is 3.43. The van der Waals surface area contributed by atoms with Crippen LogP contribution in [0.25, 0.3) is 10.8 Å². The SMILES string of the molecule is CC[C@H]1c2ccsc2CCN1CN1C(=O)c2cccc3cccc1c23. The second-order valence-corrected chi connectivity index (χ2v) is 7.84. The molecule has 1 atom stereocenters. The Morgan fingerprint density at radius 3 is 2.84 bits per heavy atom. The summed E-state index contributed by atoms with van der Waals surface area (Å²) in [4.78, 5) is 19.0. The summed E-state index contributed by atoms with van der Waals surface area (Å²) in [6.07, 6.45) is 2.16. The number of hydrogen-bond acceptors (Lipinski definition) is 3. The molecule has 0 radical (unpaired) electrons. The maximum atomic E-state index is 13.0. The summed E-state index contributed by atoms with van der Waals surface area (Å²) in [5.74, 6) is 0.137. The average Bonchev–Trinajstić information content (AvgIpc) is 3.22. The number of fused-ring (bicyclic) bond motifs is 1. The molecule has 126 valence electrons. The highest BCUT2D eigenvalue weighted by atomic mass is 32.1. The molecule has 1 amide bonds. The smallest absolute Gasteiger partial charge is 0.260 e. The summed E-state index contributed by atoms with van der Waals surface area (Å²) in [7, 11) is 0. The number of benzene rings is 2. The van der Waals surface area contributed by atoms with Gasteiger partial charge in [0.1, 0.15) is 0 Å². The van der Waals surface area contributed by atoms with Gasteiger partial charge >= 0.3 is 0 Å². The fraction of sp³-hybridized carbons (Fsp3) is 0.286.